The van der Waals surface area contributed by atoms with E-state index in [0.717, 1.165) is 5.69 Å². The fourth-order valence-electron chi connectivity index (χ4n) is 1.66. The number of anilines is 1. The van der Waals surface area contributed by atoms with E-state index in [2.05, 4.69) is 10.3 Å². The smallest absolute Gasteiger partial charge is 0.266 e. The molecule has 6 heteroatoms. The fraction of sp³-hybridized carbons (Fsp3) is 0.200. The second kappa shape index (κ2) is 6.78. The maximum atomic E-state index is 12.1. The summed E-state index contributed by atoms with van der Waals surface area (Å²) in [7, 11) is 0. The molecule has 0 aliphatic rings. The van der Waals surface area contributed by atoms with Gasteiger partial charge in [-0.25, -0.2) is 4.98 Å². The van der Waals surface area contributed by atoms with Gasteiger partial charge in [0, 0.05) is 10.7 Å². The van der Waals surface area contributed by atoms with Gasteiger partial charge >= 0.3 is 0 Å². The summed E-state index contributed by atoms with van der Waals surface area (Å²) < 4.78 is 5.53. The Labute approximate surface area is 133 Å². The molecule has 110 valence electrons. The summed E-state index contributed by atoms with van der Waals surface area (Å²) in [4.78, 5) is 16.3. The first-order valence-corrected chi connectivity index (χ1v) is 7.07. The topological polar surface area (TPSA) is 51.2 Å². The fourth-order valence-corrected chi connectivity index (χ4v) is 2.11. The zero-order valence-electron chi connectivity index (χ0n) is 11.6. The molecule has 0 unspecified atom stereocenters. The number of amides is 1. The van der Waals surface area contributed by atoms with Crippen LogP contribution in [0, 0.1) is 6.92 Å². The highest BCUT2D eigenvalue weighted by molar-refractivity contribution is 6.35. The molecule has 2 aromatic rings. The lowest BCUT2D eigenvalue weighted by Crippen LogP contribution is -2.30. The lowest BCUT2D eigenvalue weighted by Gasteiger charge is -2.15. The highest BCUT2D eigenvalue weighted by Gasteiger charge is 2.16. The summed E-state index contributed by atoms with van der Waals surface area (Å²) in [6.45, 7) is 3.49. The molecule has 0 saturated heterocycles. The van der Waals surface area contributed by atoms with Gasteiger partial charge in [-0.15, -0.1) is 0 Å². The first kappa shape index (κ1) is 15.6. The van der Waals surface area contributed by atoms with Crippen LogP contribution in [0.1, 0.15) is 12.6 Å². The first-order chi connectivity index (χ1) is 9.95. The van der Waals surface area contributed by atoms with Crippen molar-refractivity contribution >= 4 is 34.9 Å². The van der Waals surface area contributed by atoms with E-state index < -0.39 is 6.10 Å². The monoisotopic (exact) mass is 324 g/mol. The van der Waals surface area contributed by atoms with Gasteiger partial charge in [-0.05, 0) is 44.2 Å². The second-order valence-electron chi connectivity index (χ2n) is 4.49. The molecule has 1 heterocycles. The van der Waals surface area contributed by atoms with E-state index >= 15 is 0 Å². The van der Waals surface area contributed by atoms with Crippen molar-refractivity contribution in [2.45, 2.75) is 20.0 Å². The molecule has 21 heavy (non-hydrogen) atoms. The van der Waals surface area contributed by atoms with Crippen molar-refractivity contribution in [1.82, 2.24) is 4.98 Å². The molecule has 1 aromatic heterocycles. The summed E-state index contributed by atoms with van der Waals surface area (Å²) in [6, 6.07) is 10.2. The van der Waals surface area contributed by atoms with Crippen molar-refractivity contribution in [3.63, 3.8) is 0 Å². The molecule has 1 atom stereocenters. The van der Waals surface area contributed by atoms with E-state index in [1.165, 1.54) is 0 Å². The van der Waals surface area contributed by atoms with E-state index in [1.807, 2.05) is 19.1 Å². The van der Waals surface area contributed by atoms with Crippen molar-refractivity contribution in [3.05, 3.63) is 52.1 Å². The number of benzene rings is 1. The van der Waals surface area contributed by atoms with Crippen molar-refractivity contribution in [1.29, 1.82) is 0 Å². The van der Waals surface area contributed by atoms with Gasteiger partial charge in [0.05, 0.1) is 5.02 Å². The lowest BCUT2D eigenvalue weighted by atomic mass is 10.3. The van der Waals surface area contributed by atoms with E-state index in [1.54, 1.807) is 31.2 Å². The number of hydrogen-bond donors (Lipinski definition) is 1. The Bertz CT molecular complexity index is 662. The SMILES string of the molecule is Cc1cccc(NC(=O)[C@@H](C)Oc2ccc(Cl)cc2Cl)n1. The molecule has 1 amide bonds. The first-order valence-electron chi connectivity index (χ1n) is 6.32. The number of ether oxygens (including phenoxy) is 1. The number of nitrogens with one attached hydrogen (secondary N) is 1. The molecular formula is C15H14Cl2N2O2. The zero-order chi connectivity index (χ0) is 15.4. The number of pyridine rings is 1. The number of rotatable bonds is 4. The Hall–Kier alpha value is -1.78. The van der Waals surface area contributed by atoms with Gasteiger partial charge < -0.3 is 10.1 Å². The highest BCUT2D eigenvalue weighted by atomic mass is 35.5. The predicted octanol–water partition coefficient (Wildman–Crippen LogP) is 4.10. The normalized spacial score (nSPS) is 11.8. The Balaban J connectivity index is 2.02. The van der Waals surface area contributed by atoms with Crippen LogP contribution < -0.4 is 10.1 Å². The van der Waals surface area contributed by atoms with Crippen molar-refractivity contribution in [3.8, 4) is 5.75 Å². The Morgan fingerprint density at radius 2 is 2.05 bits per heavy atom. The average Bonchev–Trinajstić information content (AvgIpc) is 2.41. The number of aromatic nitrogens is 1. The van der Waals surface area contributed by atoms with Crippen LogP contribution in [0.2, 0.25) is 10.0 Å². The maximum absolute atomic E-state index is 12.1. The lowest BCUT2D eigenvalue weighted by molar-refractivity contribution is -0.122. The van der Waals surface area contributed by atoms with Gasteiger partial charge in [0.1, 0.15) is 11.6 Å². The van der Waals surface area contributed by atoms with Crippen molar-refractivity contribution in [2.75, 3.05) is 5.32 Å². The molecule has 0 aliphatic carbocycles. The molecule has 0 spiro atoms. The van der Waals surface area contributed by atoms with Gasteiger partial charge in [-0.2, -0.15) is 0 Å². The highest BCUT2D eigenvalue weighted by Crippen LogP contribution is 2.28. The molecule has 2 rings (SSSR count). The Morgan fingerprint density at radius 3 is 2.71 bits per heavy atom. The number of nitrogens with zero attached hydrogens (tertiary/aromatic N) is 1. The molecular weight excluding hydrogens is 311 g/mol. The molecule has 1 N–H and O–H groups in total. The average molecular weight is 325 g/mol. The van der Waals surface area contributed by atoms with Crippen LogP contribution in [0.4, 0.5) is 5.82 Å². The molecule has 0 saturated carbocycles. The predicted molar refractivity (Wildman–Crippen MR) is 84.2 cm³/mol. The molecule has 4 nitrogen and oxygen atoms in total. The van der Waals surface area contributed by atoms with Crippen molar-refractivity contribution < 1.29 is 9.53 Å². The van der Waals surface area contributed by atoms with Gasteiger partial charge in [0.2, 0.25) is 0 Å². The van der Waals surface area contributed by atoms with Crippen LogP contribution in [-0.2, 0) is 4.79 Å². The molecule has 1 aromatic carbocycles. The van der Waals surface area contributed by atoms with Crippen LogP contribution in [-0.4, -0.2) is 17.0 Å². The number of hydrogen-bond acceptors (Lipinski definition) is 3. The number of aryl methyl sites for hydroxylation is 1. The minimum Gasteiger partial charge on any atom is -0.479 e. The van der Waals surface area contributed by atoms with Crippen LogP contribution in [0.15, 0.2) is 36.4 Å². The summed E-state index contributed by atoms with van der Waals surface area (Å²) in [6.07, 6.45) is -0.717. The maximum Gasteiger partial charge on any atom is 0.266 e. The van der Waals surface area contributed by atoms with E-state index in [4.69, 9.17) is 27.9 Å². The summed E-state index contributed by atoms with van der Waals surface area (Å²) in [5.74, 6) is 0.581. The summed E-state index contributed by atoms with van der Waals surface area (Å²) >= 11 is 11.8. The molecule has 0 bridgehead atoms. The van der Waals surface area contributed by atoms with Gasteiger partial charge in [0.25, 0.3) is 5.91 Å². The number of halogens is 2. The van der Waals surface area contributed by atoms with E-state index in [0.29, 0.717) is 21.6 Å². The zero-order valence-corrected chi connectivity index (χ0v) is 13.1. The van der Waals surface area contributed by atoms with Crippen LogP contribution in [0.25, 0.3) is 0 Å². The molecule has 0 fully saturated rings. The largest absolute Gasteiger partial charge is 0.479 e. The van der Waals surface area contributed by atoms with Gasteiger partial charge in [0.15, 0.2) is 6.10 Å². The summed E-state index contributed by atoms with van der Waals surface area (Å²) in [5.41, 5.74) is 0.821. The minimum absolute atomic E-state index is 0.306. The number of carbonyl (C=O) groups is 1. The van der Waals surface area contributed by atoms with Crippen LogP contribution >= 0.6 is 23.2 Å². The van der Waals surface area contributed by atoms with Gasteiger partial charge in [-0.1, -0.05) is 29.3 Å². The number of carbonyl (C=O) groups excluding carboxylic acids is 1. The molecule has 0 radical (unpaired) electrons. The van der Waals surface area contributed by atoms with Crippen molar-refractivity contribution in [2.24, 2.45) is 0 Å². The van der Waals surface area contributed by atoms with E-state index in [9.17, 15) is 4.79 Å². The van der Waals surface area contributed by atoms with Crippen LogP contribution in [0.5, 0.6) is 5.75 Å². The Morgan fingerprint density at radius 1 is 1.29 bits per heavy atom. The third-order valence-electron chi connectivity index (χ3n) is 2.71. The standard InChI is InChI=1S/C15H14Cl2N2O2/c1-9-4-3-5-14(18-9)19-15(20)10(2)21-13-7-6-11(16)8-12(13)17/h3-8,10H,1-2H3,(H,18,19,20)/t10-/m1/s1. The van der Waals surface area contributed by atoms with E-state index in [-0.39, 0.29) is 5.91 Å². The Kier molecular flexibility index (Phi) is 5.04. The third kappa shape index (κ3) is 4.34. The quantitative estimate of drug-likeness (QED) is 0.921. The third-order valence-corrected chi connectivity index (χ3v) is 3.24. The minimum atomic E-state index is -0.717. The van der Waals surface area contributed by atoms with Gasteiger partial charge in [-0.3, -0.25) is 4.79 Å². The summed E-state index contributed by atoms with van der Waals surface area (Å²) in [5, 5.41) is 3.55. The van der Waals surface area contributed by atoms with Crippen LogP contribution in [0.3, 0.4) is 0 Å². The second-order valence-corrected chi connectivity index (χ2v) is 5.33. The molecule has 0 aliphatic heterocycles.